The molecule has 0 bridgehead atoms. The lowest BCUT2D eigenvalue weighted by atomic mass is 10.1. The van der Waals surface area contributed by atoms with Gasteiger partial charge in [0.05, 0.1) is 32.0 Å². The molecule has 27 heavy (non-hydrogen) atoms. The lowest BCUT2D eigenvalue weighted by Crippen LogP contribution is -2.15. The maximum Gasteiger partial charge on any atom is 0.228 e. The fraction of sp³-hybridized carbons (Fsp3) is 0.238. The monoisotopic (exact) mass is 365 g/mol. The second-order valence-electron chi connectivity index (χ2n) is 6.05. The van der Waals surface area contributed by atoms with E-state index in [0.29, 0.717) is 17.1 Å². The molecular weight excluding hydrogens is 342 g/mol. The molecule has 0 atom stereocenters. The fourth-order valence-electron chi connectivity index (χ4n) is 2.92. The van der Waals surface area contributed by atoms with Crippen molar-refractivity contribution in [1.82, 2.24) is 10.2 Å². The summed E-state index contributed by atoms with van der Waals surface area (Å²) < 4.78 is 10.6. The lowest BCUT2D eigenvalue weighted by molar-refractivity contribution is -0.115. The standard InChI is InChI=1S/C21H23N3O3/c1-4-17-21(20(24-23-17)16-7-5-6-8-18(16)27-3)22-19(25)13-14-9-11-15(26-2)12-10-14/h5-12H,4,13H2,1-3H3,(H,22,25)(H,23,24). The molecule has 0 spiro atoms. The van der Waals surface area contributed by atoms with E-state index in [1.807, 2.05) is 55.5 Å². The van der Waals surface area contributed by atoms with Gasteiger partial charge in [-0.2, -0.15) is 5.10 Å². The van der Waals surface area contributed by atoms with Gasteiger partial charge in [0.25, 0.3) is 0 Å². The average Bonchev–Trinajstić information content (AvgIpc) is 3.10. The zero-order chi connectivity index (χ0) is 19.2. The van der Waals surface area contributed by atoms with Crippen LogP contribution in [0.4, 0.5) is 5.69 Å². The molecule has 2 aromatic carbocycles. The number of nitrogens with zero attached hydrogens (tertiary/aromatic N) is 1. The van der Waals surface area contributed by atoms with E-state index < -0.39 is 0 Å². The zero-order valence-corrected chi connectivity index (χ0v) is 15.7. The van der Waals surface area contributed by atoms with Gasteiger partial charge >= 0.3 is 0 Å². The van der Waals surface area contributed by atoms with Crippen molar-refractivity contribution < 1.29 is 14.3 Å². The van der Waals surface area contributed by atoms with Gasteiger partial charge < -0.3 is 14.8 Å². The first-order valence-electron chi connectivity index (χ1n) is 8.79. The highest BCUT2D eigenvalue weighted by atomic mass is 16.5. The summed E-state index contributed by atoms with van der Waals surface area (Å²) in [6, 6.07) is 15.1. The molecule has 0 aliphatic rings. The van der Waals surface area contributed by atoms with Gasteiger partial charge in [-0.25, -0.2) is 0 Å². The highest BCUT2D eigenvalue weighted by Crippen LogP contribution is 2.35. The van der Waals surface area contributed by atoms with Gasteiger partial charge in [0.1, 0.15) is 17.2 Å². The third-order valence-corrected chi connectivity index (χ3v) is 4.35. The van der Waals surface area contributed by atoms with Gasteiger partial charge in [0.2, 0.25) is 5.91 Å². The smallest absolute Gasteiger partial charge is 0.228 e. The second kappa shape index (κ2) is 8.40. The van der Waals surface area contributed by atoms with Crippen LogP contribution in [0.15, 0.2) is 48.5 Å². The quantitative estimate of drug-likeness (QED) is 0.667. The minimum Gasteiger partial charge on any atom is -0.497 e. The minimum absolute atomic E-state index is 0.104. The van der Waals surface area contributed by atoms with Gasteiger partial charge in [0.15, 0.2) is 0 Å². The second-order valence-corrected chi connectivity index (χ2v) is 6.05. The van der Waals surface area contributed by atoms with Crippen LogP contribution in [0.3, 0.4) is 0 Å². The van der Waals surface area contributed by atoms with E-state index in [2.05, 4.69) is 15.5 Å². The number of rotatable bonds is 7. The predicted molar refractivity (Wildman–Crippen MR) is 105 cm³/mol. The van der Waals surface area contributed by atoms with E-state index in [1.54, 1.807) is 14.2 Å². The molecule has 0 unspecified atom stereocenters. The number of aryl methyl sites for hydroxylation is 1. The molecule has 6 nitrogen and oxygen atoms in total. The number of H-pyrrole nitrogens is 1. The summed E-state index contributed by atoms with van der Waals surface area (Å²) in [5.74, 6) is 1.37. The van der Waals surface area contributed by atoms with E-state index in [4.69, 9.17) is 9.47 Å². The molecule has 1 amide bonds. The molecule has 2 N–H and O–H groups in total. The number of para-hydroxylation sites is 1. The number of aromatic amines is 1. The first-order chi connectivity index (χ1) is 13.2. The van der Waals surface area contributed by atoms with Crippen molar-refractivity contribution >= 4 is 11.6 Å². The minimum atomic E-state index is -0.104. The van der Waals surface area contributed by atoms with Crippen LogP contribution in [0.25, 0.3) is 11.3 Å². The number of hydrogen-bond donors (Lipinski definition) is 2. The Balaban J connectivity index is 1.85. The molecule has 0 saturated heterocycles. The number of nitrogens with one attached hydrogen (secondary N) is 2. The molecule has 3 aromatic rings. The molecule has 1 heterocycles. The Bertz CT molecular complexity index is 917. The molecule has 0 aliphatic heterocycles. The van der Waals surface area contributed by atoms with Crippen LogP contribution in [0.1, 0.15) is 18.2 Å². The van der Waals surface area contributed by atoms with Crippen LogP contribution in [-0.4, -0.2) is 30.3 Å². The molecule has 3 rings (SSSR count). The Morgan fingerprint density at radius 2 is 1.81 bits per heavy atom. The van der Waals surface area contributed by atoms with Crippen molar-refractivity contribution in [3.05, 3.63) is 59.8 Å². The highest BCUT2D eigenvalue weighted by Gasteiger charge is 2.19. The number of carbonyl (C=O) groups is 1. The third-order valence-electron chi connectivity index (χ3n) is 4.35. The number of benzene rings is 2. The normalized spacial score (nSPS) is 10.5. The fourth-order valence-corrected chi connectivity index (χ4v) is 2.92. The molecule has 6 heteroatoms. The number of methoxy groups -OCH3 is 2. The average molecular weight is 365 g/mol. The first kappa shape index (κ1) is 18.5. The van der Waals surface area contributed by atoms with Crippen molar-refractivity contribution in [2.45, 2.75) is 19.8 Å². The molecular formula is C21H23N3O3. The third kappa shape index (κ3) is 4.11. The molecule has 0 saturated carbocycles. The Labute approximate surface area is 158 Å². The first-order valence-corrected chi connectivity index (χ1v) is 8.79. The van der Waals surface area contributed by atoms with Crippen LogP contribution in [-0.2, 0) is 17.6 Å². The Morgan fingerprint density at radius 1 is 1.07 bits per heavy atom. The zero-order valence-electron chi connectivity index (χ0n) is 15.7. The molecule has 0 radical (unpaired) electrons. The van der Waals surface area contributed by atoms with Gasteiger partial charge in [-0.05, 0) is 36.2 Å². The maximum absolute atomic E-state index is 12.6. The van der Waals surface area contributed by atoms with E-state index in [9.17, 15) is 4.79 Å². The van der Waals surface area contributed by atoms with E-state index in [1.165, 1.54) is 0 Å². The number of carbonyl (C=O) groups excluding carboxylic acids is 1. The molecule has 140 valence electrons. The Hall–Kier alpha value is -3.28. The predicted octanol–water partition coefficient (Wildman–Crippen LogP) is 3.84. The largest absolute Gasteiger partial charge is 0.497 e. The number of hydrogen-bond acceptors (Lipinski definition) is 4. The van der Waals surface area contributed by atoms with E-state index >= 15 is 0 Å². The number of aromatic nitrogens is 2. The summed E-state index contributed by atoms with van der Waals surface area (Å²) >= 11 is 0. The van der Waals surface area contributed by atoms with Gasteiger partial charge in [-0.3, -0.25) is 9.89 Å². The molecule has 0 fully saturated rings. The lowest BCUT2D eigenvalue weighted by Gasteiger charge is -2.11. The van der Waals surface area contributed by atoms with Crippen molar-refractivity contribution in [3.8, 4) is 22.8 Å². The van der Waals surface area contributed by atoms with Crippen molar-refractivity contribution in [2.24, 2.45) is 0 Å². The van der Waals surface area contributed by atoms with Crippen LogP contribution in [0, 0.1) is 0 Å². The summed E-state index contributed by atoms with van der Waals surface area (Å²) in [7, 11) is 3.24. The van der Waals surface area contributed by atoms with Crippen molar-refractivity contribution in [1.29, 1.82) is 0 Å². The van der Waals surface area contributed by atoms with E-state index in [-0.39, 0.29) is 12.3 Å². The van der Waals surface area contributed by atoms with E-state index in [0.717, 1.165) is 29.0 Å². The Morgan fingerprint density at radius 3 is 2.48 bits per heavy atom. The van der Waals surface area contributed by atoms with Crippen LogP contribution in [0.2, 0.25) is 0 Å². The van der Waals surface area contributed by atoms with Crippen LogP contribution >= 0.6 is 0 Å². The summed E-state index contributed by atoms with van der Waals surface area (Å²) in [5, 5.41) is 10.5. The molecule has 0 aliphatic carbocycles. The topological polar surface area (TPSA) is 76.2 Å². The Kier molecular flexibility index (Phi) is 5.76. The van der Waals surface area contributed by atoms with Crippen molar-refractivity contribution in [2.75, 3.05) is 19.5 Å². The number of amides is 1. The SMILES string of the molecule is CCc1[nH]nc(-c2ccccc2OC)c1NC(=O)Cc1ccc(OC)cc1. The summed E-state index contributed by atoms with van der Waals surface area (Å²) in [6.07, 6.45) is 0.990. The maximum atomic E-state index is 12.6. The highest BCUT2D eigenvalue weighted by molar-refractivity contribution is 5.97. The molecule has 1 aromatic heterocycles. The number of ether oxygens (including phenoxy) is 2. The summed E-state index contributed by atoms with van der Waals surface area (Å²) in [6.45, 7) is 2.01. The number of anilines is 1. The van der Waals surface area contributed by atoms with Gasteiger partial charge in [0, 0.05) is 5.56 Å². The van der Waals surface area contributed by atoms with Crippen LogP contribution < -0.4 is 14.8 Å². The van der Waals surface area contributed by atoms with Crippen LogP contribution in [0.5, 0.6) is 11.5 Å². The summed E-state index contributed by atoms with van der Waals surface area (Å²) in [4.78, 5) is 12.6. The summed E-state index contributed by atoms with van der Waals surface area (Å²) in [5.41, 5.74) is 3.98. The van der Waals surface area contributed by atoms with Gasteiger partial charge in [-0.1, -0.05) is 31.2 Å². The van der Waals surface area contributed by atoms with Crippen molar-refractivity contribution in [3.63, 3.8) is 0 Å². The van der Waals surface area contributed by atoms with Gasteiger partial charge in [-0.15, -0.1) is 0 Å².